The monoisotopic (exact) mass is 333 g/mol. The van der Waals surface area contributed by atoms with Crippen LogP contribution in [0.25, 0.3) is 0 Å². The molecule has 1 rings (SSSR count). The van der Waals surface area contributed by atoms with Crippen molar-refractivity contribution in [2.24, 2.45) is 0 Å². The maximum Gasteiger partial charge on any atom is 0.328 e. The molecule has 0 bridgehead atoms. The molecule has 0 saturated carbocycles. The lowest BCUT2D eigenvalue weighted by atomic mass is 10.1. The van der Waals surface area contributed by atoms with E-state index in [9.17, 15) is 4.79 Å². The van der Waals surface area contributed by atoms with Gasteiger partial charge in [-0.05, 0) is 40.5 Å². The third-order valence-electron chi connectivity index (χ3n) is 2.59. The Hall–Kier alpha value is -0.740. The summed E-state index contributed by atoms with van der Waals surface area (Å²) >= 11 is 9.29. The molecular formula is C13H17BrClNO2. The molecule has 0 aliphatic carbocycles. The molecule has 100 valence electrons. The molecule has 0 spiro atoms. The van der Waals surface area contributed by atoms with Crippen LogP contribution in [0.4, 0.5) is 5.69 Å². The van der Waals surface area contributed by atoms with Crippen molar-refractivity contribution in [1.29, 1.82) is 0 Å². The van der Waals surface area contributed by atoms with Gasteiger partial charge in [0.2, 0.25) is 0 Å². The molecule has 3 nitrogen and oxygen atoms in total. The van der Waals surface area contributed by atoms with E-state index >= 15 is 0 Å². The molecule has 1 aromatic rings. The zero-order valence-corrected chi connectivity index (χ0v) is 12.8. The smallest absolute Gasteiger partial charge is 0.328 e. The Morgan fingerprint density at radius 3 is 2.83 bits per heavy atom. The highest BCUT2D eigenvalue weighted by atomic mass is 79.9. The Balaban J connectivity index is 2.78. The van der Waals surface area contributed by atoms with Gasteiger partial charge in [-0.15, -0.1) is 0 Å². The number of halogens is 2. The summed E-state index contributed by atoms with van der Waals surface area (Å²) in [7, 11) is 1.40. The van der Waals surface area contributed by atoms with Crippen LogP contribution in [0.15, 0.2) is 22.7 Å². The second kappa shape index (κ2) is 7.64. The Morgan fingerprint density at radius 2 is 2.28 bits per heavy atom. The van der Waals surface area contributed by atoms with Gasteiger partial charge in [-0.3, -0.25) is 0 Å². The van der Waals surface area contributed by atoms with E-state index in [4.69, 9.17) is 16.3 Å². The van der Waals surface area contributed by atoms with Crippen molar-refractivity contribution in [1.82, 2.24) is 0 Å². The summed E-state index contributed by atoms with van der Waals surface area (Å²) in [6, 6.07) is 5.09. The summed E-state index contributed by atoms with van der Waals surface area (Å²) in [6.07, 6.45) is 2.76. The Labute approximate surface area is 121 Å². The minimum Gasteiger partial charge on any atom is -0.467 e. The summed E-state index contributed by atoms with van der Waals surface area (Å²) in [4.78, 5) is 11.7. The maximum absolute atomic E-state index is 11.7. The van der Waals surface area contributed by atoms with E-state index in [0.29, 0.717) is 5.02 Å². The second-order valence-electron chi connectivity index (χ2n) is 3.99. The van der Waals surface area contributed by atoms with Crippen LogP contribution in [-0.2, 0) is 9.53 Å². The lowest BCUT2D eigenvalue weighted by Crippen LogP contribution is -2.30. The number of esters is 1. The number of hydrogen-bond acceptors (Lipinski definition) is 3. The van der Waals surface area contributed by atoms with E-state index in [0.717, 1.165) is 29.4 Å². The minimum atomic E-state index is -0.326. The van der Waals surface area contributed by atoms with Crippen LogP contribution in [0.3, 0.4) is 0 Å². The average molecular weight is 335 g/mol. The van der Waals surface area contributed by atoms with Crippen molar-refractivity contribution in [2.45, 2.75) is 32.2 Å². The van der Waals surface area contributed by atoms with E-state index in [1.165, 1.54) is 7.11 Å². The number of methoxy groups -OCH3 is 1. The summed E-state index contributed by atoms with van der Waals surface area (Å²) in [6.45, 7) is 2.09. The second-order valence-corrected chi connectivity index (χ2v) is 5.28. The molecule has 1 unspecified atom stereocenters. The molecule has 0 aromatic heterocycles. The molecule has 1 aromatic carbocycles. The third kappa shape index (κ3) is 4.50. The molecule has 0 radical (unpaired) electrons. The van der Waals surface area contributed by atoms with Gasteiger partial charge in [-0.2, -0.15) is 0 Å². The van der Waals surface area contributed by atoms with Crippen LogP contribution >= 0.6 is 27.5 Å². The Bertz CT molecular complexity index is 412. The number of benzene rings is 1. The van der Waals surface area contributed by atoms with Crippen molar-refractivity contribution in [3.05, 3.63) is 27.7 Å². The van der Waals surface area contributed by atoms with E-state index in [-0.39, 0.29) is 12.0 Å². The fraction of sp³-hybridized carbons (Fsp3) is 0.462. The molecule has 0 aliphatic heterocycles. The van der Waals surface area contributed by atoms with Crippen LogP contribution in [0.5, 0.6) is 0 Å². The predicted octanol–water partition coefficient (Wildman–Crippen LogP) is 4.25. The third-order valence-corrected chi connectivity index (χ3v) is 3.48. The van der Waals surface area contributed by atoms with Crippen LogP contribution in [0, 0.1) is 0 Å². The van der Waals surface area contributed by atoms with Crippen molar-refractivity contribution in [3.8, 4) is 0 Å². The molecule has 1 atom stereocenters. The standard InChI is InChI=1S/C13H17BrClNO2/c1-3-4-5-12(13(17)18-2)16-11-7-6-9(15)8-10(11)14/h6-8,12,16H,3-5H2,1-2H3. The molecule has 0 saturated heterocycles. The SMILES string of the molecule is CCCCC(Nc1ccc(Cl)cc1Br)C(=O)OC. The number of unbranched alkanes of at least 4 members (excludes halogenated alkanes) is 1. The van der Waals surface area contributed by atoms with E-state index in [1.54, 1.807) is 12.1 Å². The number of carbonyl (C=O) groups excluding carboxylic acids is 1. The fourth-order valence-electron chi connectivity index (χ4n) is 1.59. The first-order valence-electron chi connectivity index (χ1n) is 5.88. The summed E-state index contributed by atoms with van der Waals surface area (Å²) in [5.41, 5.74) is 0.839. The highest BCUT2D eigenvalue weighted by Crippen LogP contribution is 2.27. The van der Waals surface area contributed by atoms with Gasteiger partial charge in [-0.25, -0.2) is 4.79 Å². The lowest BCUT2D eigenvalue weighted by molar-refractivity contribution is -0.141. The number of rotatable bonds is 6. The van der Waals surface area contributed by atoms with Gasteiger partial charge in [0.1, 0.15) is 6.04 Å². The van der Waals surface area contributed by atoms with Gasteiger partial charge in [0.05, 0.1) is 7.11 Å². The molecule has 18 heavy (non-hydrogen) atoms. The van der Waals surface area contributed by atoms with Crippen molar-refractivity contribution < 1.29 is 9.53 Å². The lowest BCUT2D eigenvalue weighted by Gasteiger charge is -2.18. The molecule has 1 N–H and O–H groups in total. The summed E-state index contributed by atoms with van der Waals surface area (Å²) < 4.78 is 5.64. The van der Waals surface area contributed by atoms with Gasteiger partial charge in [-0.1, -0.05) is 31.4 Å². The van der Waals surface area contributed by atoms with Crippen LogP contribution < -0.4 is 5.32 Å². The van der Waals surface area contributed by atoms with Crippen molar-refractivity contribution in [2.75, 3.05) is 12.4 Å². The van der Waals surface area contributed by atoms with E-state index in [2.05, 4.69) is 28.2 Å². The number of ether oxygens (including phenoxy) is 1. The number of hydrogen-bond donors (Lipinski definition) is 1. The first-order valence-corrected chi connectivity index (χ1v) is 7.05. The van der Waals surface area contributed by atoms with Gasteiger partial charge in [0.15, 0.2) is 0 Å². The van der Waals surface area contributed by atoms with Crippen LogP contribution in [-0.4, -0.2) is 19.1 Å². The Kier molecular flexibility index (Phi) is 6.50. The first-order chi connectivity index (χ1) is 8.58. The highest BCUT2D eigenvalue weighted by Gasteiger charge is 2.19. The summed E-state index contributed by atoms with van der Waals surface area (Å²) in [5, 5.41) is 3.83. The quantitative estimate of drug-likeness (QED) is 0.791. The zero-order chi connectivity index (χ0) is 13.5. The Morgan fingerprint density at radius 1 is 1.56 bits per heavy atom. The number of nitrogens with one attached hydrogen (secondary N) is 1. The van der Waals surface area contributed by atoms with E-state index < -0.39 is 0 Å². The maximum atomic E-state index is 11.7. The molecule has 5 heteroatoms. The molecular weight excluding hydrogens is 318 g/mol. The van der Waals surface area contributed by atoms with Crippen molar-refractivity contribution >= 4 is 39.2 Å². The minimum absolute atomic E-state index is 0.245. The molecule has 0 heterocycles. The molecule has 0 aliphatic rings. The fourth-order valence-corrected chi connectivity index (χ4v) is 2.39. The average Bonchev–Trinajstić information content (AvgIpc) is 2.36. The highest BCUT2D eigenvalue weighted by molar-refractivity contribution is 9.10. The van der Waals surface area contributed by atoms with Gasteiger partial charge < -0.3 is 10.1 Å². The number of anilines is 1. The largest absolute Gasteiger partial charge is 0.467 e. The molecule has 0 fully saturated rings. The van der Waals surface area contributed by atoms with Crippen LogP contribution in [0.1, 0.15) is 26.2 Å². The van der Waals surface area contributed by atoms with Gasteiger partial charge in [0.25, 0.3) is 0 Å². The predicted molar refractivity (Wildman–Crippen MR) is 78.1 cm³/mol. The number of carbonyl (C=O) groups is 1. The molecule has 0 amide bonds. The van der Waals surface area contributed by atoms with Crippen LogP contribution in [0.2, 0.25) is 5.02 Å². The van der Waals surface area contributed by atoms with Gasteiger partial charge in [0, 0.05) is 15.2 Å². The van der Waals surface area contributed by atoms with Gasteiger partial charge >= 0.3 is 5.97 Å². The normalized spacial score (nSPS) is 12.0. The van der Waals surface area contributed by atoms with Crippen molar-refractivity contribution in [3.63, 3.8) is 0 Å². The van der Waals surface area contributed by atoms with E-state index in [1.807, 2.05) is 6.07 Å². The topological polar surface area (TPSA) is 38.3 Å². The zero-order valence-electron chi connectivity index (χ0n) is 10.5. The summed E-state index contributed by atoms with van der Waals surface area (Å²) in [5.74, 6) is -0.245. The first kappa shape index (κ1) is 15.3.